The molecule has 0 N–H and O–H groups in total. The van der Waals surface area contributed by atoms with Crippen molar-refractivity contribution >= 4 is 0 Å². The fourth-order valence-corrected chi connectivity index (χ4v) is 1.53. The Bertz CT molecular complexity index is 325. The molecule has 1 aliphatic heterocycles. The summed E-state index contributed by atoms with van der Waals surface area (Å²) in [6.07, 6.45) is -0.271. The molecule has 81 valence electrons. The van der Waals surface area contributed by atoms with Crippen LogP contribution in [0.15, 0.2) is 24.3 Å². The average Bonchev–Trinajstić information content (AvgIpc) is 2.38. The zero-order chi connectivity index (χ0) is 11.1. The van der Waals surface area contributed by atoms with Gasteiger partial charge in [0.2, 0.25) is 0 Å². The molecule has 0 atom stereocenters. The highest BCUT2D eigenvalue weighted by molar-refractivity contribution is 5.17. The van der Waals surface area contributed by atoms with E-state index in [0.29, 0.717) is 0 Å². The first-order valence-corrected chi connectivity index (χ1v) is 5.24. The van der Waals surface area contributed by atoms with Crippen LogP contribution in [-0.4, -0.2) is 11.2 Å². The highest BCUT2D eigenvalue weighted by Gasteiger charge is 2.49. The molecule has 2 heteroatoms. The van der Waals surface area contributed by atoms with Gasteiger partial charge in [0.25, 0.3) is 0 Å². The maximum Gasteiger partial charge on any atom is 0.185 e. The topological polar surface area (TPSA) is 18.5 Å². The van der Waals surface area contributed by atoms with Gasteiger partial charge >= 0.3 is 0 Å². The summed E-state index contributed by atoms with van der Waals surface area (Å²) in [7, 11) is 0. The molecule has 1 aromatic carbocycles. The van der Waals surface area contributed by atoms with Gasteiger partial charge in [-0.05, 0) is 39.8 Å². The number of hydrogen-bond acceptors (Lipinski definition) is 2. The lowest BCUT2D eigenvalue weighted by Crippen LogP contribution is -2.41. The summed E-state index contributed by atoms with van der Waals surface area (Å²) in [5.74, 6) is 0. The third kappa shape index (κ3) is 1.80. The first kappa shape index (κ1) is 10.7. The molecule has 2 nitrogen and oxygen atoms in total. The first-order valence-electron chi connectivity index (χ1n) is 5.24. The summed E-state index contributed by atoms with van der Waals surface area (Å²) in [5.41, 5.74) is 0.484. The van der Waals surface area contributed by atoms with Gasteiger partial charge in [0, 0.05) is 5.56 Å². The molecule has 0 aliphatic carbocycles. The molecule has 2 rings (SSSR count). The highest BCUT2D eigenvalue weighted by Crippen LogP contribution is 2.44. The van der Waals surface area contributed by atoms with Crippen molar-refractivity contribution in [2.75, 3.05) is 0 Å². The summed E-state index contributed by atoms with van der Waals surface area (Å²) in [6, 6.07) is 10.8. The van der Waals surface area contributed by atoms with Crippen LogP contribution < -0.4 is 0 Å². The quantitative estimate of drug-likeness (QED) is 0.701. The monoisotopic (exact) mass is 205 g/mol. The molecule has 1 saturated heterocycles. The lowest BCUT2D eigenvalue weighted by atomic mass is 9.90. The summed E-state index contributed by atoms with van der Waals surface area (Å²) < 4.78 is 11.8. The number of rotatable bonds is 1. The molecule has 0 bridgehead atoms. The Kier molecular flexibility index (Phi) is 2.36. The fraction of sp³-hybridized carbons (Fsp3) is 0.538. The van der Waals surface area contributed by atoms with Crippen molar-refractivity contribution in [3.63, 3.8) is 0 Å². The van der Waals surface area contributed by atoms with Gasteiger partial charge in [-0.1, -0.05) is 18.2 Å². The minimum Gasteiger partial charge on any atom is -0.339 e. The van der Waals surface area contributed by atoms with Gasteiger partial charge < -0.3 is 9.47 Å². The average molecular weight is 205 g/mol. The van der Waals surface area contributed by atoms with Gasteiger partial charge in [0.15, 0.2) is 6.29 Å². The van der Waals surface area contributed by atoms with Crippen molar-refractivity contribution in [3.8, 4) is 0 Å². The van der Waals surface area contributed by atoms with Crippen molar-refractivity contribution in [3.05, 3.63) is 35.9 Å². The molecule has 1 aliphatic rings. The summed E-state index contributed by atoms with van der Waals surface area (Å²) in [4.78, 5) is 0. The Labute approximate surface area is 91.2 Å². The third-order valence-electron chi connectivity index (χ3n) is 3.26. The van der Waals surface area contributed by atoms with Gasteiger partial charge in [0.05, 0.1) is 11.2 Å². The van der Waals surface area contributed by atoms with Gasteiger partial charge in [-0.25, -0.2) is 0 Å². The van der Waals surface area contributed by atoms with Crippen LogP contribution in [0.5, 0.6) is 0 Å². The van der Waals surface area contributed by atoms with E-state index >= 15 is 0 Å². The normalized spacial score (nSPS) is 24.3. The van der Waals surface area contributed by atoms with E-state index in [1.165, 1.54) is 0 Å². The largest absolute Gasteiger partial charge is 0.339 e. The smallest absolute Gasteiger partial charge is 0.185 e. The minimum absolute atomic E-state index is 0.270. The molecule has 1 aromatic rings. The van der Waals surface area contributed by atoms with Crippen LogP contribution in [0.3, 0.4) is 0 Å². The number of ether oxygens (including phenoxy) is 2. The molecular formula is C13H17O2. The maximum absolute atomic E-state index is 5.91. The van der Waals surface area contributed by atoms with E-state index in [9.17, 15) is 0 Å². The van der Waals surface area contributed by atoms with Crippen LogP contribution in [-0.2, 0) is 9.47 Å². The van der Waals surface area contributed by atoms with Crippen LogP contribution >= 0.6 is 0 Å². The van der Waals surface area contributed by atoms with Crippen molar-refractivity contribution in [1.29, 1.82) is 0 Å². The second-order valence-electron chi connectivity index (χ2n) is 4.93. The van der Waals surface area contributed by atoms with E-state index in [2.05, 4.69) is 33.8 Å². The molecule has 1 heterocycles. The molecule has 0 unspecified atom stereocenters. The molecule has 0 aromatic heterocycles. The van der Waals surface area contributed by atoms with Crippen LogP contribution in [0, 0.1) is 6.07 Å². The minimum atomic E-state index is -0.271. The first-order chi connectivity index (χ1) is 6.92. The van der Waals surface area contributed by atoms with Crippen molar-refractivity contribution in [2.45, 2.75) is 45.2 Å². The molecule has 0 spiro atoms. The third-order valence-corrected chi connectivity index (χ3v) is 3.26. The van der Waals surface area contributed by atoms with Crippen LogP contribution in [0.25, 0.3) is 0 Å². The molecular weight excluding hydrogens is 188 g/mol. The standard InChI is InChI=1S/C13H17O2/c1-12(2)13(3,4)15-11(14-12)10-8-6-5-7-9-10/h5-6,8-9,11H,1-4H3. The maximum atomic E-state index is 5.91. The molecule has 1 fully saturated rings. The van der Waals surface area contributed by atoms with Crippen molar-refractivity contribution in [1.82, 2.24) is 0 Å². The molecule has 0 amide bonds. The van der Waals surface area contributed by atoms with E-state index in [1.807, 2.05) is 24.3 Å². The zero-order valence-electron chi connectivity index (χ0n) is 9.70. The van der Waals surface area contributed by atoms with E-state index in [0.717, 1.165) is 5.56 Å². The Hall–Kier alpha value is -0.860. The van der Waals surface area contributed by atoms with E-state index < -0.39 is 0 Å². The summed E-state index contributed by atoms with van der Waals surface area (Å²) in [6.45, 7) is 8.22. The number of hydrogen-bond donors (Lipinski definition) is 0. The molecule has 1 radical (unpaired) electrons. The summed E-state index contributed by atoms with van der Waals surface area (Å²) in [5, 5.41) is 0. The summed E-state index contributed by atoms with van der Waals surface area (Å²) >= 11 is 0. The number of benzene rings is 1. The van der Waals surface area contributed by atoms with E-state index in [4.69, 9.17) is 9.47 Å². The lowest BCUT2D eigenvalue weighted by molar-refractivity contribution is -0.0895. The van der Waals surface area contributed by atoms with Crippen molar-refractivity contribution in [2.24, 2.45) is 0 Å². The Morgan fingerprint density at radius 1 is 1.13 bits per heavy atom. The Morgan fingerprint density at radius 2 is 1.73 bits per heavy atom. The van der Waals surface area contributed by atoms with Gasteiger partial charge in [-0.3, -0.25) is 0 Å². The second kappa shape index (κ2) is 3.32. The lowest BCUT2D eigenvalue weighted by Gasteiger charge is -2.30. The Morgan fingerprint density at radius 3 is 2.20 bits per heavy atom. The second-order valence-corrected chi connectivity index (χ2v) is 4.93. The van der Waals surface area contributed by atoms with Crippen LogP contribution in [0.4, 0.5) is 0 Å². The van der Waals surface area contributed by atoms with E-state index in [-0.39, 0.29) is 17.5 Å². The van der Waals surface area contributed by atoms with E-state index in [1.54, 1.807) is 0 Å². The van der Waals surface area contributed by atoms with Gasteiger partial charge in [-0.15, -0.1) is 0 Å². The fourth-order valence-electron chi connectivity index (χ4n) is 1.53. The zero-order valence-corrected chi connectivity index (χ0v) is 9.70. The van der Waals surface area contributed by atoms with Gasteiger partial charge in [0.1, 0.15) is 0 Å². The molecule has 0 saturated carbocycles. The van der Waals surface area contributed by atoms with Gasteiger partial charge in [-0.2, -0.15) is 0 Å². The predicted octanol–water partition coefficient (Wildman–Crippen LogP) is 3.09. The van der Waals surface area contributed by atoms with Crippen LogP contribution in [0.1, 0.15) is 39.5 Å². The Balaban J connectivity index is 2.24. The van der Waals surface area contributed by atoms with Crippen molar-refractivity contribution < 1.29 is 9.47 Å². The molecule has 15 heavy (non-hydrogen) atoms. The van der Waals surface area contributed by atoms with Crippen LogP contribution in [0.2, 0.25) is 0 Å². The SMILES string of the molecule is CC1(C)OC(c2c[c]ccc2)OC1(C)C. The predicted molar refractivity (Wildman–Crippen MR) is 58.3 cm³/mol. The highest BCUT2D eigenvalue weighted by atomic mass is 16.7.